The first kappa shape index (κ1) is 13.6. The Morgan fingerprint density at radius 3 is 2.50 bits per heavy atom. The summed E-state index contributed by atoms with van der Waals surface area (Å²) < 4.78 is 13.6. The highest BCUT2D eigenvalue weighted by Gasteiger charge is 2.09. The Balaban J connectivity index is 3.19. The fourth-order valence-corrected chi connectivity index (χ4v) is 1.31. The molecule has 0 saturated heterocycles. The zero-order valence-corrected chi connectivity index (χ0v) is 9.91. The van der Waals surface area contributed by atoms with Gasteiger partial charge in [-0.1, -0.05) is 0 Å². The molecule has 1 aromatic rings. The number of amides is 1. The van der Waals surface area contributed by atoms with Gasteiger partial charge in [-0.3, -0.25) is 4.79 Å². The number of hydrogen-bond acceptors (Lipinski definition) is 4. The summed E-state index contributed by atoms with van der Waals surface area (Å²) in [5.74, 6) is -0.792. The standard InChI is InChI=1S/C12H15FN4O/c1-17-12(18)7-2-3-9(13)8(6-7)10(14)4-5-11(15)16/h2-6H,14-16H2,1H3,(H,17,18)/b10-4-. The summed E-state index contributed by atoms with van der Waals surface area (Å²) in [5.41, 5.74) is 16.7. The molecule has 0 aliphatic heterocycles. The van der Waals surface area contributed by atoms with Crippen molar-refractivity contribution in [2.24, 2.45) is 17.2 Å². The molecule has 0 radical (unpaired) electrons. The van der Waals surface area contributed by atoms with E-state index >= 15 is 0 Å². The molecule has 0 saturated carbocycles. The van der Waals surface area contributed by atoms with Gasteiger partial charge in [0.05, 0.1) is 5.82 Å². The van der Waals surface area contributed by atoms with Crippen LogP contribution >= 0.6 is 0 Å². The number of nitrogens with one attached hydrogen (secondary N) is 1. The number of benzene rings is 1. The number of hydrogen-bond donors (Lipinski definition) is 4. The maximum Gasteiger partial charge on any atom is 0.251 e. The lowest BCUT2D eigenvalue weighted by atomic mass is 10.1. The quantitative estimate of drug-likeness (QED) is 0.576. The summed E-state index contributed by atoms with van der Waals surface area (Å²) in [6, 6.07) is 3.91. The van der Waals surface area contributed by atoms with Gasteiger partial charge < -0.3 is 22.5 Å². The van der Waals surface area contributed by atoms with Crippen LogP contribution in [0.25, 0.3) is 5.70 Å². The number of nitrogens with two attached hydrogens (primary N) is 3. The third-order valence-electron chi connectivity index (χ3n) is 2.22. The highest BCUT2D eigenvalue weighted by molar-refractivity contribution is 5.94. The first-order valence-electron chi connectivity index (χ1n) is 5.16. The average molecular weight is 250 g/mol. The van der Waals surface area contributed by atoms with E-state index in [0.29, 0.717) is 5.56 Å². The van der Waals surface area contributed by atoms with E-state index in [4.69, 9.17) is 17.2 Å². The van der Waals surface area contributed by atoms with E-state index in [0.717, 1.165) is 0 Å². The van der Waals surface area contributed by atoms with Gasteiger partial charge in [0.1, 0.15) is 5.82 Å². The molecular formula is C12H15FN4O. The number of carbonyl (C=O) groups is 1. The van der Waals surface area contributed by atoms with Crippen LogP contribution in [-0.2, 0) is 0 Å². The van der Waals surface area contributed by atoms with Gasteiger partial charge in [0.15, 0.2) is 0 Å². The summed E-state index contributed by atoms with van der Waals surface area (Å²) in [6.45, 7) is 0. The molecule has 1 amide bonds. The molecule has 0 spiro atoms. The lowest BCUT2D eigenvalue weighted by Crippen LogP contribution is -2.18. The molecular weight excluding hydrogens is 235 g/mol. The van der Waals surface area contributed by atoms with E-state index in [9.17, 15) is 9.18 Å². The summed E-state index contributed by atoms with van der Waals surface area (Å²) in [7, 11) is 1.49. The highest BCUT2D eigenvalue weighted by atomic mass is 19.1. The predicted molar refractivity (Wildman–Crippen MR) is 68.4 cm³/mol. The van der Waals surface area contributed by atoms with Gasteiger partial charge >= 0.3 is 0 Å². The van der Waals surface area contributed by atoms with Gasteiger partial charge in [-0.15, -0.1) is 0 Å². The van der Waals surface area contributed by atoms with Crippen LogP contribution in [0.1, 0.15) is 15.9 Å². The Bertz CT molecular complexity index is 519. The molecule has 0 aliphatic rings. The number of allylic oxidation sites excluding steroid dienone is 2. The molecule has 0 heterocycles. The molecule has 5 nitrogen and oxygen atoms in total. The number of rotatable bonds is 3. The van der Waals surface area contributed by atoms with Gasteiger partial charge in [-0.2, -0.15) is 0 Å². The molecule has 18 heavy (non-hydrogen) atoms. The van der Waals surface area contributed by atoms with Gasteiger partial charge in [0, 0.05) is 23.9 Å². The second kappa shape index (κ2) is 5.72. The van der Waals surface area contributed by atoms with E-state index in [-0.39, 0.29) is 23.0 Å². The molecule has 0 aromatic heterocycles. The van der Waals surface area contributed by atoms with Crippen LogP contribution in [0.3, 0.4) is 0 Å². The zero-order chi connectivity index (χ0) is 13.7. The fraction of sp³-hybridized carbons (Fsp3) is 0.0833. The van der Waals surface area contributed by atoms with Crippen molar-refractivity contribution < 1.29 is 9.18 Å². The van der Waals surface area contributed by atoms with Crippen LogP contribution in [0.4, 0.5) is 4.39 Å². The minimum Gasteiger partial charge on any atom is -0.398 e. The molecule has 0 atom stereocenters. The van der Waals surface area contributed by atoms with Crippen LogP contribution in [0.2, 0.25) is 0 Å². The maximum absolute atomic E-state index is 13.6. The van der Waals surface area contributed by atoms with E-state index < -0.39 is 5.82 Å². The van der Waals surface area contributed by atoms with Crippen LogP contribution in [0, 0.1) is 5.82 Å². The molecule has 7 N–H and O–H groups in total. The molecule has 1 rings (SSSR count). The van der Waals surface area contributed by atoms with E-state index in [1.54, 1.807) is 0 Å². The monoisotopic (exact) mass is 250 g/mol. The Morgan fingerprint density at radius 1 is 1.28 bits per heavy atom. The molecule has 0 aliphatic carbocycles. The van der Waals surface area contributed by atoms with Crippen molar-refractivity contribution in [3.8, 4) is 0 Å². The van der Waals surface area contributed by atoms with Crippen LogP contribution in [0.5, 0.6) is 0 Å². The summed E-state index contributed by atoms with van der Waals surface area (Å²) in [5, 5.41) is 2.44. The third kappa shape index (κ3) is 3.24. The van der Waals surface area contributed by atoms with E-state index in [1.807, 2.05) is 0 Å². The van der Waals surface area contributed by atoms with Crippen molar-refractivity contribution in [1.82, 2.24) is 5.32 Å². The minimum atomic E-state index is -0.527. The van der Waals surface area contributed by atoms with Crippen molar-refractivity contribution in [3.63, 3.8) is 0 Å². The van der Waals surface area contributed by atoms with Crippen LogP contribution < -0.4 is 22.5 Å². The Morgan fingerprint density at radius 2 is 1.94 bits per heavy atom. The molecule has 0 unspecified atom stereocenters. The van der Waals surface area contributed by atoms with Crippen molar-refractivity contribution in [3.05, 3.63) is 53.1 Å². The molecule has 1 aromatic carbocycles. The van der Waals surface area contributed by atoms with Gasteiger partial charge in [-0.05, 0) is 30.4 Å². The zero-order valence-electron chi connectivity index (χ0n) is 9.91. The average Bonchev–Trinajstić information content (AvgIpc) is 2.35. The number of carbonyl (C=O) groups excluding carboxylic acids is 1. The highest BCUT2D eigenvalue weighted by Crippen LogP contribution is 2.16. The first-order chi connectivity index (χ1) is 8.45. The van der Waals surface area contributed by atoms with Gasteiger partial charge in [-0.25, -0.2) is 4.39 Å². The van der Waals surface area contributed by atoms with E-state index in [1.165, 1.54) is 37.4 Å². The maximum atomic E-state index is 13.6. The molecule has 0 fully saturated rings. The third-order valence-corrected chi connectivity index (χ3v) is 2.22. The lowest BCUT2D eigenvalue weighted by Gasteiger charge is -2.06. The van der Waals surface area contributed by atoms with E-state index in [2.05, 4.69) is 5.32 Å². The SMILES string of the molecule is CNC(=O)c1ccc(F)c(/C(N)=C/C=C(N)N)c1. The van der Waals surface area contributed by atoms with Crippen LogP contribution in [-0.4, -0.2) is 13.0 Å². The summed E-state index contributed by atoms with van der Waals surface area (Å²) in [6.07, 6.45) is 2.72. The Hall–Kier alpha value is -2.50. The largest absolute Gasteiger partial charge is 0.398 e. The molecule has 0 bridgehead atoms. The van der Waals surface area contributed by atoms with Gasteiger partial charge in [0.2, 0.25) is 0 Å². The van der Waals surface area contributed by atoms with Gasteiger partial charge in [0.25, 0.3) is 5.91 Å². The second-order valence-corrected chi connectivity index (χ2v) is 3.56. The normalized spacial score (nSPS) is 10.9. The smallest absolute Gasteiger partial charge is 0.251 e. The first-order valence-corrected chi connectivity index (χ1v) is 5.16. The second-order valence-electron chi connectivity index (χ2n) is 3.56. The van der Waals surface area contributed by atoms with Crippen molar-refractivity contribution >= 4 is 11.6 Å². The molecule has 96 valence electrons. The van der Waals surface area contributed by atoms with Crippen molar-refractivity contribution in [2.75, 3.05) is 7.05 Å². The van der Waals surface area contributed by atoms with Crippen molar-refractivity contribution in [1.29, 1.82) is 0 Å². The number of halogens is 1. The lowest BCUT2D eigenvalue weighted by molar-refractivity contribution is 0.0963. The van der Waals surface area contributed by atoms with Crippen molar-refractivity contribution in [2.45, 2.75) is 0 Å². The summed E-state index contributed by atoms with van der Waals surface area (Å²) >= 11 is 0. The summed E-state index contributed by atoms with van der Waals surface area (Å²) in [4.78, 5) is 11.4. The Kier molecular flexibility index (Phi) is 4.31. The topological polar surface area (TPSA) is 107 Å². The van der Waals surface area contributed by atoms with Crippen LogP contribution in [0.15, 0.2) is 36.2 Å². The Labute approximate surface area is 104 Å². The minimum absolute atomic E-state index is 0.0563. The molecule has 6 heteroatoms. The predicted octanol–water partition coefficient (Wildman–Crippen LogP) is 0.244. The fourth-order valence-electron chi connectivity index (χ4n) is 1.31.